The molecule has 0 heterocycles. The number of amides is 1. The Labute approximate surface area is 171 Å². The molecule has 0 fully saturated rings. The molecule has 3 rings (SSSR count). The Morgan fingerprint density at radius 1 is 0.828 bits per heavy atom. The summed E-state index contributed by atoms with van der Waals surface area (Å²) in [4.78, 5) is 25.5. The summed E-state index contributed by atoms with van der Waals surface area (Å²) in [5.41, 5.74) is 3.52. The van der Waals surface area contributed by atoms with Gasteiger partial charge in [0.2, 0.25) is 0 Å². The normalized spacial score (nSPS) is 11.7. The molecule has 0 spiro atoms. The van der Waals surface area contributed by atoms with Gasteiger partial charge in [0.1, 0.15) is 5.92 Å². The number of carbonyl (C=O) groups is 2. The highest BCUT2D eigenvalue weighted by atomic mass is 16.5. The lowest BCUT2D eigenvalue weighted by Crippen LogP contribution is -2.32. The van der Waals surface area contributed by atoms with Crippen LogP contribution in [0.2, 0.25) is 0 Å². The van der Waals surface area contributed by atoms with E-state index in [0.717, 1.165) is 17.5 Å². The van der Waals surface area contributed by atoms with Crippen LogP contribution in [-0.2, 0) is 20.7 Å². The van der Waals surface area contributed by atoms with E-state index in [4.69, 9.17) is 4.74 Å². The van der Waals surface area contributed by atoms with E-state index in [9.17, 15) is 9.59 Å². The first-order valence-electron chi connectivity index (χ1n) is 9.78. The predicted octanol–water partition coefficient (Wildman–Crippen LogP) is 4.95. The van der Waals surface area contributed by atoms with E-state index in [1.807, 2.05) is 84.9 Å². The lowest BCUT2D eigenvalue weighted by Gasteiger charge is -2.20. The highest BCUT2D eigenvalue weighted by Gasteiger charge is 2.27. The molecule has 1 atom stereocenters. The molecule has 0 saturated heterocycles. The molecule has 0 saturated carbocycles. The van der Waals surface area contributed by atoms with E-state index in [-0.39, 0.29) is 5.91 Å². The number of anilines is 1. The summed E-state index contributed by atoms with van der Waals surface area (Å²) in [5, 5.41) is 2.80. The quantitative estimate of drug-likeness (QED) is 0.584. The smallest absolute Gasteiger partial charge is 0.318 e. The fourth-order valence-corrected chi connectivity index (χ4v) is 3.12. The van der Waals surface area contributed by atoms with E-state index in [0.29, 0.717) is 5.69 Å². The van der Waals surface area contributed by atoms with Gasteiger partial charge in [0.15, 0.2) is 6.10 Å². The fraction of sp³-hybridized carbons (Fsp3) is 0.200. The molecule has 0 aromatic heterocycles. The average molecular weight is 387 g/mol. The SMILES string of the molecule is CCc1ccc(NC(=O)[C@@H](C)OC(=O)C(c2ccccc2)c2ccccc2)cc1. The van der Waals surface area contributed by atoms with Crippen molar-refractivity contribution in [1.29, 1.82) is 0 Å². The van der Waals surface area contributed by atoms with E-state index >= 15 is 0 Å². The number of benzene rings is 3. The lowest BCUT2D eigenvalue weighted by molar-refractivity contribution is -0.153. The van der Waals surface area contributed by atoms with Crippen LogP contribution in [0.1, 0.15) is 36.5 Å². The Balaban J connectivity index is 1.72. The average Bonchev–Trinajstić information content (AvgIpc) is 2.76. The highest BCUT2D eigenvalue weighted by Crippen LogP contribution is 2.26. The molecular weight excluding hydrogens is 362 g/mol. The summed E-state index contributed by atoms with van der Waals surface area (Å²) in [6, 6.07) is 26.5. The molecule has 148 valence electrons. The molecule has 3 aromatic rings. The molecule has 1 amide bonds. The van der Waals surface area contributed by atoms with Crippen LogP contribution in [0.4, 0.5) is 5.69 Å². The zero-order valence-electron chi connectivity index (χ0n) is 16.7. The Bertz CT molecular complexity index is 897. The van der Waals surface area contributed by atoms with Crippen molar-refractivity contribution in [3.8, 4) is 0 Å². The van der Waals surface area contributed by atoms with Gasteiger partial charge < -0.3 is 10.1 Å². The Morgan fingerprint density at radius 3 is 1.83 bits per heavy atom. The van der Waals surface area contributed by atoms with Crippen molar-refractivity contribution in [3.63, 3.8) is 0 Å². The molecule has 3 aromatic carbocycles. The maximum atomic E-state index is 13.0. The second-order valence-electron chi connectivity index (χ2n) is 6.87. The van der Waals surface area contributed by atoms with Gasteiger partial charge in [-0.05, 0) is 42.2 Å². The van der Waals surface area contributed by atoms with Gasteiger partial charge >= 0.3 is 5.97 Å². The van der Waals surface area contributed by atoms with Gasteiger partial charge in [0.05, 0.1) is 0 Å². The highest BCUT2D eigenvalue weighted by molar-refractivity contribution is 5.95. The fourth-order valence-electron chi connectivity index (χ4n) is 3.12. The minimum atomic E-state index is -0.914. The number of hydrogen-bond donors (Lipinski definition) is 1. The number of carbonyl (C=O) groups excluding carboxylic acids is 2. The molecule has 0 aliphatic rings. The van der Waals surface area contributed by atoms with E-state index in [1.165, 1.54) is 5.56 Å². The molecule has 4 nitrogen and oxygen atoms in total. The van der Waals surface area contributed by atoms with E-state index in [2.05, 4.69) is 12.2 Å². The first kappa shape index (κ1) is 20.3. The molecule has 29 heavy (non-hydrogen) atoms. The second kappa shape index (κ2) is 9.69. The third-order valence-electron chi connectivity index (χ3n) is 4.79. The predicted molar refractivity (Wildman–Crippen MR) is 115 cm³/mol. The van der Waals surface area contributed by atoms with Crippen molar-refractivity contribution < 1.29 is 14.3 Å². The van der Waals surface area contributed by atoms with Crippen molar-refractivity contribution in [2.24, 2.45) is 0 Å². The largest absolute Gasteiger partial charge is 0.452 e. The molecule has 4 heteroatoms. The van der Waals surface area contributed by atoms with Crippen LogP contribution in [0.3, 0.4) is 0 Å². The molecule has 0 bridgehead atoms. The van der Waals surface area contributed by atoms with E-state index in [1.54, 1.807) is 6.92 Å². The molecule has 0 radical (unpaired) electrons. The van der Waals surface area contributed by atoms with Crippen molar-refractivity contribution in [3.05, 3.63) is 102 Å². The van der Waals surface area contributed by atoms with Crippen molar-refractivity contribution >= 4 is 17.6 Å². The van der Waals surface area contributed by atoms with Gasteiger partial charge in [-0.3, -0.25) is 9.59 Å². The van der Waals surface area contributed by atoms with Crippen molar-refractivity contribution in [1.82, 2.24) is 0 Å². The summed E-state index contributed by atoms with van der Waals surface area (Å²) >= 11 is 0. The maximum absolute atomic E-state index is 13.0. The van der Waals surface area contributed by atoms with Crippen LogP contribution in [-0.4, -0.2) is 18.0 Å². The summed E-state index contributed by atoms with van der Waals surface area (Å²) in [7, 11) is 0. The summed E-state index contributed by atoms with van der Waals surface area (Å²) in [6.07, 6.45) is 0.0195. The van der Waals surface area contributed by atoms with Crippen LogP contribution >= 0.6 is 0 Å². The van der Waals surface area contributed by atoms with Gasteiger partial charge in [0.25, 0.3) is 5.91 Å². The van der Waals surface area contributed by atoms with Gasteiger partial charge in [-0.25, -0.2) is 0 Å². The summed E-state index contributed by atoms with van der Waals surface area (Å²) < 4.78 is 5.55. The molecule has 0 unspecified atom stereocenters. The van der Waals surface area contributed by atoms with Gasteiger partial charge in [-0.2, -0.15) is 0 Å². The minimum absolute atomic E-state index is 0.359. The minimum Gasteiger partial charge on any atom is -0.452 e. The second-order valence-corrected chi connectivity index (χ2v) is 6.87. The Morgan fingerprint density at radius 2 is 1.34 bits per heavy atom. The third-order valence-corrected chi connectivity index (χ3v) is 4.79. The number of hydrogen-bond acceptors (Lipinski definition) is 3. The first-order valence-corrected chi connectivity index (χ1v) is 9.78. The van der Waals surface area contributed by atoms with Crippen LogP contribution in [0.25, 0.3) is 0 Å². The monoisotopic (exact) mass is 387 g/mol. The number of aryl methyl sites for hydroxylation is 1. The van der Waals surface area contributed by atoms with Gasteiger partial charge in [-0.1, -0.05) is 79.7 Å². The zero-order chi connectivity index (χ0) is 20.6. The Hall–Kier alpha value is -3.40. The van der Waals surface area contributed by atoms with Crippen molar-refractivity contribution in [2.45, 2.75) is 32.3 Å². The Kier molecular flexibility index (Phi) is 6.80. The third kappa shape index (κ3) is 5.32. The van der Waals surface area contributed by atoms with Gasteiger partial charge in [0, 0.05) is 5.69 Å². The first-order chi connectivity index (χ1) is 14.1. The number of esters is 1. The summed E-state index contributed by atoms with van der Waals surface area (Å²) in [5.74, 6) is -1.40. The lowest BCUT2D eigenvalue weighted by atomic mass is 9.91. The molecular formula is C25H25NO3. The number of rotatable bonds is 7. The number of ether oxygens (including phenoxy) is 1. The van der Waals surface area contributed by atoms with Crippen LogP contribution in [0, 0.1) is 0 Å². The van der Waals surface area contributed by atoms with Crippen LogP contribution in [0.5, 0.6) is 0 Å². The number of nitrogens with one attached hydrogen (secondary N) is 1. The van der Waals surface area contributed by atoms with E-state index < -0.39 is 18.0 Å². The van der Waals surface area contributed by atoms with Crippen LogP contribution in [0.15, 0.2) is 84.9 Å². The topological polar surface area (TPSA) is 55.4 Å². The molecule has 0 aliphatic carbocycles. The standard InChI is InChI=1S/C25H25NO3/c1-3-19-14-16-22(17-15-19)26-24(27)18(2)29-25(28)23(20-10-6-4-7-11-20)21-12-8-5-9-13-21/h4-18,23H,3H2,1-2H3,(H,26,27)/t18-/m1/s1. The van der Waals surface area contributed by atoms with Crippen LogP contribution < -0.4 is 5.32 Å². The zero-order valence-corrected chi connectivity index (χ0v) is 16.7. The summed E-state index contributed by atoms with van der Waals surface area (Å²) in [6.45, 7) is 3.66. The molecule has 1 N–H and O–H groups in total. The van der Waals surface area contributed by atoms with Crippen molar-refractivity contribution in [2.75, 3.05) is 5.32 Å². The van der Waals surface area contributed by atoms with Gasteiger partial charge in [-0.15, -0.1) is 0 Å². The molecule has 0 aliphatic heterocycles. The maximum Gasteiger partial charge on any atom is 0.318 e.